The SMILES string of the molecule is N#Cc1cc(S(N)(=O)=O)ccc1NCc1cc(F)ccc1Br. The van der Waals surface area contributed by atoms with Crippen molar-refractivity contribution in [3.8, 4) is 6.07 Å². The van der Waals surface area contributed by atoms with E-state index < -0.39 is 10.0 Å². The zero-order valence-electron chi connectivity index (χ0n) is 11.2. The molecule has 0 saturated heterocycles. The predicted octanol–water partition coefficient (Wildman–Crippen LogP) is 2.72. The second-order valence-corrected chi connectivity index (χ2v) is 6.87. The van der Waals surface area contributed by atoms with Crippen molar-refractivity contribution in [3.05, 3.63) is 57.8 Å². The standard InChI is InChI=1S/C14H11BrFN3O2S/c15-13-3-1-11(16)5-10(13)8-19-14-4-2-12(22(18,20)21)6-9(14)7-17/h1-6,19H,8H2,(H2,18,20,21). The summed E-state index contributed by atoms with van der Waals surface area (Å²) >= 11 is 3.31. The number of halogens is 2. The van der Waals surface area contributed by atoms with E-state index in [1.165, 1.54) is 30.3 Å². The average molecular weight is 384 g/mol. The van der Waals surface area contributed by atoms with Gasteiger partial charge in [-0.2, -0.15) is 5.26 Å². The van der Waals surface area contributed by atoms with Crippen LogP contribution in [0.3, 0.4) is 0 Å². The Bertz CT molecular complexity index is 863. The zero-order chi connectivity index (χ0) is 16.3. The topological polar surface area (TPSA) is 96.0 Å². The second-order valence-electron chi connectivity index (χ2n) is 4.45. The van der Waals surface area contributed by atoms with Crippen LogP contribution in [0.2, 0.25) is 0 Å². The third-order valence-electron chi connectivity index (χ3n) is 2.92. The summed E-state index contributed by atoms with van der Waals surface area (Å²) in [6.07, 6.45) is 0. The van der Waals surface area contributed by atoms with Crippen molar-refractivity contribution in [2.24, 2.45) is 5.14 Å². The van der Waals surface area contributed by atoms with Gasteiger partial charge in [0, 0.05) is 11.0 Å². The van der Waals surface area contributed by atoms with E-state index in [4.69, 9.17) is 10.4 Å². The Morgan fingerprint density at radius 1 is 1.27 bits per heavy atom. The van der Waals surface area contributed by atoms with Crippen LogP contribution in [0.1, 0.15) is 11.1 Å². The lowest BCUT2D eigenvalue weighted by Gasteiger charge is -2.11. The molecule has 0 aliphatic rings. The Morgan fingerprint density at radius 2 is 2.00 bits per heavy atom. The maximum atomic E-state index is 13.2. The number of primary sulfonamides is 1. The van der Waals surface area contributed by atoms with Crippen molar-refractivity contribution < 1.29 is 12.8 Å². The van der Waals surface area contributed by atoms with Crippen molar-refractivity contribution in [1.82, 2.24) is 0 Å². The van der Waals surface area contributed by atoms with Crippen LogP contribution in [0, 0.1) is 17.1 Å². The maximum Gasteiger partial charge on any atom is 0.238 e. The molecular weight excluding hydrogens is 373 g/mol. The molecule has 0 spiro atoms. The van der Waals surface area contributed by atoms with Crippen LogP contribution in [0.25, 0.3) is 0 Å². The second kappa shape index (κ2) is 6.44. The van der Waals surface area contributed by atoms with Crippen molar-refractivity contribution in [3.63, 3.8) is 0 Å². The normalized spacial score (nSPS) is 11.0. The molecule has 22 heavy (non-hydrogen) atoms. The van der Waals surface area contributed by atoms with Gasteiger partial charge in [-0.3, -0.25) is 0 Å². The summed E-state index contributed by atoms with van der Waals surface area (Å²) in [7, 11) is -3.87. The predicted molar refractivity (Wildman–Crippen MR) is 84.0 cm³/mol. The van der Waals surface area contributed by atoms with Crippen LogP contribution >= 0.6 is 15.9 Å². The highest BCUT2D eigenvalue weighted by Gasteiger charge is 2.12. The first-order valence-corrected chi connectivity index (χ1v) is 8.40. The van der Waals surface area contributed by atoms with Crippen LogP contribution in [-0.4, -0.2) is 8.42 Å². The molecular formula is C14H11BrFN3O2S. The summed E-state index contributed by atoms with van der Waals surface area (Å²) in [6, 6.07) is 10.1. The Kier molecular flexibility index (Phi) is 4.81. The van der Waals surface area contributed by atoms with Gasteiger partial charge in [0.2, 0.25) is 10.0 Å². The minimum atomic E-state index is -3.87. The van der Waals surface area contributed by atoms with E-state index in [-0.39, 0.29) is 22.8 Å². The fourth-order valence-electron chi connectivity index (χ4n) is 1.82. The number of hydrogen-bond acceptors (Lipinski definition) is 4. The number of benzene rings is 2. The fraction of sp³-hybridized carbons (Fsp3) is 0.0714. The highest BCUT2D eigenvalue weighted by molar-refractivity contribution is 9.10. The Balaban J connectivity index is 2.27. The van der Waals surface area contributed by atoms with Crippen molar-refractivity contribution in [2.75, 3.05) is 5.32 Å². The van der Waals surface area contributed by atoms with E-state index >= 15 is 0 Å². The van der Waals surface area contributed by atoms with E-state index in [0.717, 1.165) is 4.47 Å². The Hall–Kier alpha value is -1.95. The highest BCUT2D eigenvalue weighted by atomic mass is 79.9. The van der Waals surface area contributed by atoms with Gasteiger partial charge in [0.1, 0.15) is 11.9 Å². The molecule has 0 aliphatic heterocycles. The molecule has 0 bridgehead atoms. The monoisotopic (exact) mass is 383 g/mol. The molecule has 0 fully saturated rings. The van der Waals surface area contributed by atoms with Crippen LogP contribution < -0.4 is 10.5 Å². The molecule has 0 unspecified atom stereocenters. The maximum absolute atomic E-state index is 13.2. The van der Waals surface area contributed by atoms with Gasteiger partial charge in [0.15, 0.2) is 0 Å². The fourth-order valence-corrected chi connectivity index (χ4v) is 2.74. The molecule has 0 aliphatic carbocycles. The minimum Gasteiger partial charge on any atom is -0.380 e. The molecule has 2 aromatic rings. The number of nitriles is 1. The van der Waals surface area contributed by atoms with E-state index in [9.17, 15) is 12.8 Å². The van der Waals surface area contributed by atoms with Crippen LogP contribution in [0.15, 0.2) is 45.8 Å². The molecule has 0 saturated carbocycles. The molecule has 0 radical (unpaired) electrons. The number of anilines is 1. The molecule has 2 aromatic carbocycles. The molecule has 3 N–H and O–H groups in total. The van der Waals surface area contributed by atoms with E-state index in [1.807, 2.05) is 6.07 Å². The van der Waals surface area contributed by atoms with E-state index in [0.29, 0.717) is 11.3 Å². The van der Waals surface area contributed by atoms with Crippen LogP contribution in [-0.2, 0) is 16.6 Å². The van der Waals surface area contributed by atoms with Crippen LogP contribution in [0.5, 0.6) is 0 Å². The number of nitrogens with zero attached hydrogens (tertiary/aromatic N) is 1. The molecule has 114 valence electrons. The summed E-state index contributed by atoms with van der Waals surface area (Å²) in [5.74, 6) is -0.370. The number of rotatable bonds is 4. The third-order valence-corrected chi connectivity index (χ3v) is 4.60. The van der Waals surface area contributed by atoms with E-state index in [2.05, 4.69) is 21.2 Å². The Morgan fingerprint density at radius 3 is 2.64 bits per heavy atom. The van der Waals surface area contributed by atoms with Crippen molar-refractivity contribution >= 4 is 31.6 Å². The third kappa shape index (κ3) is 3.82. The summed E-state index contributed by atoms with van der Waals surface area (Å²) < 4.78 is 36.5. The average Bonchev–Trinajstić information content (AvgIpc) is 2.47. The lowest BCUT2D eigenvalue weighted by Crippen LogP contribution is -2.12. The minimum absolute atomic E-state index is 0.137. The van der Waals surface area contributed by atoms with Gasteiger partial charge < -0.3 is 5.32 Å². The molecule has 0 atom stereocenters. The summed E-state index contributed by atoms with van der Waals surface area (Å²) in [5, 5.41) is 17.1. The van der Waals surface area contributed by atoms with Gasteiger partial charge in [-0.1, -0.05) is 15.9 Å². The first kappa shape index (κ1) is 16.4. The lowest BCUT2D eigenvalue weighted by atomic mass is 10.1. The molecule has 8 heteroatoms. The number of hydrogen-bond donors (Lipinski definition) is 2. The van der Waals surface area contributed by atoms with Gasteiger partial charge in [-0.05, 0) is 42.0 Å². The van der Waals surface area contributed by atoms with Gasteiger partial charge >= 0.3 is 0 Å². The highest BCUT2D eigenvalue weighted by Crippen LogP contribution is 2.22. The quantitative estimate of drug-likeness (QED) is 0.847. The zero-order valence-corrected chi connectivity index (χ0v) is 13.6. The van der Waals surface area contributed by atoms with Gasteiger partial charge in [0.25, 0.3) is 0 Å². The number of nitrogens with one attached hydrogen (secondary N) is 1. The number of nitrogens with two attached hydrogens (primary N) is 1. The van der Waals surface area contributed by atoms with Gasteiger partial charge in [-0.15, -0.1) is 0 Å². The summed E-state index contributed by atoms with van der Waals surface area (Å²) in [4.78, 5) is -0.137. The smallest absolute Gasteiger partial charge is 0.238 e. The molecule has 0 heterocycles. The largest absolute Gasteiger partial charge is 0.380 e. The van der Waals surface area contributed by atoms with Crippen molar-refractivity contribution in [2.45, 2.75) is 11.4 Å². The first-order chi connectivity index (χ1) is 10.3. The lowest BCUT2D eigenvalue weighted by molar-refractivity contribution is 0.597. The van der Waals surface area contributed by atoms with Crippen molar-refractivity contribution in [1.29, 1.82) is 5.26 Å². The van der Waals surface area contributed by atoms with Gasteiger partial charge in [0.05, 0.1) is 16.1 Å². The van der Waals surface area contributed by atoms with Gasteiger partial charge in [-0.25, -0.2) is 17.9 Å². The number of sulfonamides is 1. The summed E-state index contributed by atoms with van der Waals surface area (Å²) in [5.41, 5.74) is 1.24. The molecule has 5 nitrogen and oxygen atoms in total. The molecule has 2 rings (SSSR count). The summed E-state index contributed by atoms with van der Waals surface area (Å²) in [6.45, 7) is 0.266. The molecule has 0 amide bonds. The van der Waals surface area contributed by atoms with E-state index in [1.54, 1.807) is 6.07 Å². The molecule has 0 aromatic heterocycles. The van der Waals surface area contributed by atoms with Crippen LogP contribution in [0.4, 0.5) is 10.1 Å². The first-order valence-electron chi connectivity index (χ1n) is 6.06. The Labute approximate surface area is 135 Å².